The van der Waals surface area contributed by atoms with E-state index in [9.17, 15) is 14.4 Å². The summed E-state index contributed by atoms with van der Waals surface area (Å²) in [6.07, 6.45) is 1.17. The number of carbonyl (C=O) groups is 3. The Morgan fingerprint density at radius 3 is 2.54 bits per heavy atom. The summed E-state index contributed by atoms with van der Waals surface area (Å²) in [5, 5.41) is 1.88. The Bertz CT molecular complexity index is 854. The van der Waals surface area contributed by atoms with E-state index in [1.807, 2.05) is 17.5 Å². The number of hydrogen-bond acceptors (Lipinski definition) is 6. The molecule has 148 valence electrons. The summed E-state index contributed by atoms with van der Waals surface area (Å²) in [4.78, 5) is 38.9. The van der Waals surface area contributed by atoms with Crippen molar-refractivity contribution < 1.29 is 23.9 Å². The molecule has 0 atom stereocenters. The van der Waals surface area contributed by atoms with E-state index >= 15 is 0 Å². The molecule has 1 aliphatic heterocycles. The zero-order valence-electron chi connectivity index (χ0n) is 16.0. The number of piperidine rings is 1. The molecule has 7 heteroatoms. The third kappa shape index (κ3) is 4.59. The fourth-order valence-corrected chi connectivity index (χ4v) is 3.94. The molecule has 1 aliphatic rings. The number of nitrogens with zero attached hydrogens (tertiary/aromatic N) is 1. The van der Waals surface area contributed by atoms with E-state index in [0.717, 1.165) is 4.88 Å². The Kier molecular flexibility index (Phi) is 6.46. The number of methoxy groups -OCH3 is 1. The van der Waals surface area contributed by atoms with Crippen LogP contribution in [0.25, 0.3) is 0 Å². The second-order valence-electron chi connectivity index (χ2n) is 6.73. The molecular formula is C21H23NO5S. The second-order valence-corrected chi connectivity index (χ2v) is 7.68. The smallest absolute Gasteiger partial charge is 0.309 e. The number of rotatable bonds is 6. The molecule has 0 saturated carbocycles. The molecule has 0 unspecified atom stereocenters. The number of hydrogen-bond donors (Lipinski definition) is 0. The van der Waals surface area contributed by atoms with E-state index in [-0.39, 0.29) is 30.2 Å². The molecule has 2 aromatic rings. The van der Waals surface area contributed by atoms with Gasteiger partial charge in [-0.1, -0.05) is 6.07 Å². The summed E-state index contributed by atoms with van der Waals surface area (Å²) >= 11 is 1.43. The largest absolute Gasteiger partial charge is 0.496 e. The van der Waals surface area contributed by atoms with Crippen molar-refractivity contribution in [3.8, 4) is 5.75 Å². The number of thiophene rings is 1. The fourth-order valence-electron chi connectivity index (χ4n) is 3.25. The second kappa shape index (κ2) is 9.01. The minimum atomic E-state index is -0.279. The predicted molar refractivity (Wildman–Crippen MR) is 106 cm³/mol. The van der Waals surface area contributed by atoms with Crippen LogP contribution in [0.2, 0.25) is 0 Å². The Morgan fingerprint density at radius 1 is 1.18 bits per heavy atom. The minimum absolute atomic E-state index is 0.0209. The van der Waals surface area contributed by atoms with Gasteiger partial charge in [-0.2, -0.15) is 0 Å². The maximum atomic E-state index is 12.5. The number of benzene rings is 1. The molecule has 0 radical (unpaired) electrons. The van der Waals surface area contributed by atoms with Crippen LogP contribution in [0.1, 0.15) is 45.4 Å². The van der Waals surface area contributed by atoms with Crippen LogP contribution in [-0.4, -0.2) is 42.8 Å². The van der Waals surface area contributed by atoms with Gasteiger partial charge in [-0.3, -0.25) is 14.4 Å². The molecule has 1 fully saturated rings. The molecule has 1 aromatic heterocycles. The average Bonchev–Trinajstić information content (AvgIpc) is 3.26. The third-order valence-corrected chi connectivity index (χ3v) is 5.76. The van der Waals surface area contributed by atoms with Crippen LogP contribution < -0.4 is 4.74 Å². The number of Topliss-reactive ketones (excluding diaryl/α,β-unsaturated/α-hetero) is 1. The van der Waals surface area contributed by atoms with Gasteiger partial charge >= 0.3 is 5.97 Å². The van der Waals surface area contributed by atoms with Gasteiger partial charge in [-0.15, -0.1) is 11.3 Å². The number of amides is 1. The first-order chi connectivity index (χ1) is 13.5. The maximum absolute atomic E-state index is 12.5. The molecule has 28 heavy (non-hydrogen) atoms. The highest BCUT2D eigenvalue weighted by atomic mass is 32.1. The standard InChI is InChI=1S/C21H23NO5S/c1-14(23)16-5-6-18(26-2)17(12-16)13-27-21(25)15-7-9-22(10-8-15)20(24)19-4-3-11-28-19/h3-6,11-12,15H,7-10,13H2,1-2H3. The summed E-state index contributed by atoms with van der Waals surface area (Å²) in [7, 11) is 1.54. The summed E-state index contributed by atoms with van der Waals surface area (Å²) in [6.45, 7) is 2.62. The molecule has 3 rings (SSSR count). The summed E-state index contributed by atoms with van der Waals surface area (Å²) in [5.74, 6) is 0.0349. The van der Waals surface area contributed by atoms with E-state index in [2.05, 4.69) is 0 Å². The zero-order chi connectivity index (χ0) is 20.1. The lowest BCUT2D eigenvalue weighted by molar-refractivity contribution is -0.151. The van der Waals surface area contributed by atoms with Crippen LogP contribution in [0.15, 0.2) is 35.7 Å². The van der Waals surface area contributed by atoms with E-state index in [1.165, 1.54) is 25.4 Å². The van der Waals surface area contributed by atoms with Gasteiger partial charge in [0.15, 0.2) is 5.78 Å². The lowest BCUT2D eigenvalue weighted by Gasteiger charge is -2.30. The number of ether oxygens (including phenoxy) is 2. The van der Waals surface area contributed by atoms with Crippen molar-refractivity contribution >= 4 is 29.0 Å². The van der Waals surface area contributed by atoms with Crippen molar-refractivity contribution in [3.63, 3.8) is 0 Å². The van der Waals surface area contributed by atoms with Crippen LogP contribution in [0.3, 0.4) is 0 Å². The SMILES string of the molecule is COc1ccc(C(C)=O)cc1COC(=O)C1CCN(C(=O)c2cccs2)CC1. The van der Waals surface area contributed by atoms with Gasteiger partial charge in [0.2, 0.25) is 0 Å². The number of carbonyl (C=O) groups excluding carboxylic acids is 3. The van der Waals surface area contributed by atoms with Crippen molar-refractivity contribution in [1.29, 1.82) is 0 Å². The molecule has 1 amide bonds. The zero-order valence-corrected chi connectivity index (χ0v) is 16.8. The normalized spacial score (nSPS) is 14.6. The van der Waals surface area contributed by atoms with E-state index in [1.54, 1.807) is 23.1 Å². The Hall–Kier alpha value is -2.67. The highest BCUT2D eigenvalue weighted by Crippen LogP contribution is 2.24. The van der Waals surface area contributed by atoms with Crippen LogP contribution in [-0.2, 0) is 16.1 Å². The molecule has 0 N–H and O–H groups in total. The van der Waals surface area contributed by atoms with Crippen molar-refractivity contribution in [1.82, 2.24) is 4.90 Å². The van der Waals surface area contributed by atoms with Gasteiger partial charge < -0.3 is 14.4 Å². The van der Waals surface area contributed by atoms with Crippen LogP contribution in [0, 0.1) is 5.92 Å². The van der Waals surface area contributed by atoms with Crippen LogP contribution in [0.5, 0.6) is 5.75 Å². The Morgan fingerprint density at radius 2 is 1.93 bits per heavy atom. The van der Waals surface area contributed by atoms with E-state index < -0.39 is 0 Å². The predicted octanol–water partition coefficient (Wildman–Crippen LogP) is 3.55. The molecule has 2 heterocycles. The van der Waals surface area contributed by atoms with Crippen molar-refractivity contribution in [2.75, 3.05) is 20.2 Å². The van der Waals surface area contributed by atoms with E-state index in [0.29, 0.717) is 42.8 Å². The average molecular weight is 401 g/mol. The van der Waals surface area contributed by atoms with Gasteiger partial charge in [0.05, 0.1) is 17.9 Å². The minimum Gasteiger partial charge on any atom is -0.496 e. The van der Waals surface area contributed by atoms with Gasteiger partial charge in [0.1, 0.15) is 12.4 Å². The highest BCUT2D eigenvalue weighted by Gasteiger charge is 2.29. The van der Waals surface area contributed by atoms with Crippen molar-refractivity contribution in [3.05, 3.63) is 51.7 Å². The van der Waals surface area contributed by atoms with Gasteiger partial charge in [-0.25, -0.2) is 0 Å². The van der Waals surface area contributed by atoms with E-state index in [4.69, 9.17) is 9.47 Å². The first-order valence-electron chi connectivity index (χ1n) is 9.17. The lowest BCUT2D eigenvalue weighted by Crippen LogP contribution is -2.40. The molecule has 0 spiro atoms. The molecule has 0 aliphatic carbocycles. The quantitative estimate of drug-likeness (QED) is 0.547. The van der Waals surface area contributed by atoms with Crippen molar-refractivity contribution in [2.24, 2.45) is 5.92 Å². The van der Waals surface area contributed by atoms with Crippen LogP contribution >= 0.6 is 11.3 Å². The summed E-state index contributed by atoms with van der Waals surface area (Å²) < 4.78 is 10.8. The first-order valence-corrected chi connectivity index (χ1v) is 10.0. The Balaban J connectivity index is 1.54. The first kappa shape index (κ1) is 20.1. The number of esters is 1. The number of ketones is 1. The Labute approximate surface area is 168 Å². The maximum Gasteiger partial charge on any atom is 0.309 e. The molecule has 1 saturated heterocycles. The monoisotopic (exact) mass is 401 g/mol. The third-order valence-electron chi connectivity index (χ3n) is 4.90. The molecule has 6 nitrogen and oxygen atoms in total. The molecular weight excluding hydrogens is 378 g/mol. The van der Waals surface area contributed by atoms with Crippen LogP contribution in [0.4, 0.5) is 0 Å². The van der Waals surface area contributed by atoms with Crippen molar-refractivity contribution in [2.45, 2.75) is 26.4 Å². The lowest BCUT2D eigenvalue weighted by atomic mass is 9.97. The molecule has 0 bridgehead atoms. The molecule has 1 aromatic carbocycles. The highest BCUT2D eigenvalue weighted by molar-refractivity contribution is 7.12. The number of likely N-dealkylation sites (tertiary alicyclic amines) is 1. The van der Waals surface area contributed by atoms with Gasteiger partial charge in [-0.05, 0) is 49.4 Å². The summed E-state index contributed by atoms with van der Waals surface area (Å²) in [6, 6.07) is 8.76. The topological polar surface area (TPSA) is 72.9 Å². The van der Waals surface area contributed by atoms with Gasteiger partial charge in [0, 0.05) is 24.2 Å². The fraction of sp³-hybridized carbons (Fsp3) is 0.381. The van der Waals surface area contributed by atoms with Gasteiger partial charge in [0.25, 0.3) is 5.91 Å². The summed E-state index contributed by atoms with van der Waals surface area (Å²) in [5.41, 5.74) is 1.21.